The number of benzene rings is 3. The maximum absolute atomic E-state index is 14.1. The lowest BCUT2D eigenvalue weighted by Gasteiger charge is -2.39. The van der Waals surface area contributed by atoms with Gasteiger partial charge in [0.25, 0.3) is 5.91 Å². The van der Waals surface area contributed by atoms with Crippen molar-refractivity contribution in [2.45, 2.75) is 51.4 Å². The van der Waals surface area contributed by atoms with Crippen LogP contribution in [-0.4, -0.2) is 91.1 Å². The van der Waals surface area contributed by atoms with Crippen LogP contribution in [0.4, 0.5) is 5.69 Å². The number of esters is 1. The van der Waals surface area contributed by atoms with Crippen LogP contribution >= 0.6 is 0 Å². The van der Waals surface area contributed by atoms with Crippen molar-refractivity contribution in [3.05, 3.63) is 98.1 Å². The number of amides is 1. The van der Waals surface area contributed by atoms with Gasteiger partial charge in [0.15, 0.2) is 6.54 Å². The predicted molar refractivity (Wildman–Crippen MR) is 189 cm³/mol. The van der Waals surface area contributed by atoms with Crippen LogP contribution in [0.5, 0.6) is 0 Å². The van der Waals surface area contributed by atoms with Crippen molar-refractivity contribution in [2.75, 3.05) is 79.2 Å². The summed E-state index contributed by atoms with van der Waals surface area (Å²) in [5, 5.41) is 2.49. The van der Waals surface area contributed by atoms with Crippen LogP contribution in [0.25, 0.3) is 5.57 Å². The molecule has 0 fully saturated rings. The predicted octanol–water partition coefficient (Wildman–Crippen LogP) is 0.695. The van der Waals surface area contributed by atoms with E-state index in [2.05, 4.69) is 53.7 Å². The number of hydrogen-bond acceptors (Lipinski definition) is 6. The number of ether oxygens (including phenoxy) is 3. The van der Waals surface area contributed by atoms with Gasteiger partial charge in [-0.25, -0.2) is 4.58 Å². The summed E-state index contributed by atoms with van der Waals surface area (Å²) in [6.07, 6.45) is 4.37. The Morgan fingerprint density at radius 2 is 1.67 bits per heavy atom. The van der Waals surface area contributed by atoms with Crippen molar-refractivity contribution < 1.29 is 36.2 Å². The number of rotatable bonds is 11. The summed E-state index contributed by atoms with van der Waals surface area (Å²) < 4.78 is 18.3. The Kier molecular flexibility index (Phi) is 11.5. The number of hydrogen-bond donors (Lipinski definition) is 0. The molecular weight excluding hydrogens is 638 g/mol. The molecule has 2 aliphatic heterocycles. The number of nitrogens with zero attached hydrogens (tertiary/aromatic N) is 3. The third-order valence-electron chi connectivity index (χ3n) is 10.5. The van der Waals surface area contributed by atoms with Gasteiger partial charge in [0.05, 0.1) is 20.1 Å². The molecule has 0 saturated carbocycles. The minimum atomic E-state index is -0.330. The highest BCUT2D eigenvalue weighted by Crippen LogP contribution is 2.44. The second-order valence-electron chi connectivity index (χ2n) is 13.8. The summed E-state index contributed by atoms with van der Waals surface area (Å²) in [6, 6.07) is 17.7. The Labute approximate surface area is 296 Å². The lowest BCUT2D eigenvalue weighted by atomic mass is 9.67. The lowest BCUT2D eigenvalue weighted by Crippen LogP contribution is -3.00. The number of carbonyl (C=O) groups excluding carboxylic acids is 2. The molecule has 9 heteroatoms. The molecule has 1 aliphatic carbocycles. The van der Waals surface area contributed by atoms with Gasteiger partial charge in [-0.3, -0.25) is 9.59 Å². The fourth-order valence-corrected chi connectivity index (χ4v) is 7.87. The highest BCUT2D eigenvalue weighted by atomic mass is 35.5. The van der Waals surface area contributed by atoms with Crippen LogP contribution in [0.15, 0.2) is 48.5 Å². The first-order valence-electron chi connectivity index (χ1n) is 17.3. The van der Waals surface area contributed by atoms with Crippen molar-refractivity contribution in [1.82, 2.24) is 9.48 Å². The molecule has 1 amide bonds. The Bertz CT molecular complexity index is 1850. The third kappa shape index (κ3) is 7.01. The van der Waals surface area contributed by atoms with E-state index in [0.717, 1.165) is 63.0 Å². The number of methoxy groups -OCH3 is 3. The van der Waals surface area contributed by atoms with E-state index < -0.39 is 0 Å². The molecule has 2 heterocycles. The van der Waals surface area contributed by atoms with E-state index in [1.54, 1.807) is 26.2 Å². The van der Waals surface area contributed by atoms with Crippen LogP contribution in [0.3, 0.4) is 0 Å². The highest BCUT2D eigenvalue weighted by molar-refractivity contribution is 6.02. The zero-order valence-electron chi connectivity index (χ0n) is 29.9. The van der Waals surface area contributed by atoms with Crippen LogP contribution in [0.1, 0.15) is 76.8 Å². The molecule has 262 valence electrons. The average molecular weight is 688 g/mol. The van der Waals surface area contributed by atoms with Gasteiger partial charge in [-0.2, -0.15) is 0 Å². The van der Waals surface area contributed by atoms with E-state index in [-0.39, 0.29) is 42.7 Å². The molecule has 49 heavy (non-hydrogen) atoms. The SMILES string of the molecule is COCCN1CCCc2cc3c(cc21)C(C)(C)c1cc2c(cc1=C3c1ccccc1C(=O)N(C)CCC(=O)OC)CCC[N+]=2CCOC.[Cl-]. The summed E-state index contributed by atoms with van der Waals surface area (Å²) in [5.74, 6) is -0.439. The summed E-state index contributed by atoms with van der Waals surface area (Å²) in [7, 11) is 6.66. The van der Waals surface area contributed by atoms with Gasteiger partial charge in [-0.05, 0) is 82.1 Å². The zero-order valence-corrected chi connectivity index (χ0v) is 30.6. The van der Waals surface area contributed by atoms with Crippen LogP contribution in [-0.2, 0) is 37.3 Å². The fraction of sp³-hybridized carbons (Fsp3) is 0.475. The fourth-order valence-electron chi connectivity index (χ4n) is 7.87. The molecule has 0 spiro atoms. The molecule has 0 N–H and O–H groups in total. The first-order valence-corrected chi connectivity index (χ1v) is 17.3. The number of carbonyl (C=O) groups is 2. The van der Waals surface area contributed by atoms with E-state index in [1.807, 2.05) is 18.2 Å². The average Bonchev–Trinajstić information content (AvgIpc) is 3.10. The normalized spacial score (nSPS) is 15.8. The molecule has 0 radical (unpaired) electrons. The Morgan fingerprint density at radius 1 is 0.918 bits per heavy atom. The lowest BCUT2D eigenvalue weighted by molar-refractivity contribution is -0.140. The Hall–Kier alpha value is -3.72. The van der Waals surface area contributed by atoms with Gasteiger partial charge < -0.3 is 36.4 Å². The standard InChI is InChI=1S/C40H50N3O5.ClH/c1-40(2)33-25-35-27(11-9-16-42(35)19-21-46-4)23-31(33)38(29-13-7-8-14-30(29)39(45)41(3)18-15-37(44)48-6)32-24-28-12-10-17-43(20-22-47-5)36(28)26-34(32)40;/h7-8,13-14,23-26H,9-12,15-22H2,1-6H3;1H/q+1;/p-1. The minimum Gasteiger partial charge on any atom is -1.00 e. The maximum atomic E-state index is 14.1. The first-order chi connectivity index (χ1) is 23.2. The van der Waals surface area contributed by atoms with Gasteiger partial charge in [-0.15, -0.1) is 0 Å². The number of aryl methyl sites for hydroxylation is 2. The van der Waals surface area contributed by atoms with Crippen LogP contribution in [0, 0.1) is 0 Å². The smallest absolute Gasteiger partial charge is 0.307 e. The molecule has 0 bridgehead atoms. The van der Waals surface area contributed by atoms with E-state index in [0.29, 0.717) is 18.8 Å². The number of fused-ring (bicyclic) bond motifs is 4. The largest absolute Gasteiger partial charge is 1.00 e. The summed E-state index contributed by atoms with van der Waals surface area (Å²) in [5.41, 5.74) is 10.1. The number of anilines is 1. The number of halogens is 1. The van der Waals surface area contributed by atoms with E-state index >= 15 is 0 Å². The molecule has 6 rings (SSSR count). The van der Waals surface area contributed by atoms with Crippen molar-refractivity contribution in [3.63, 3.8) is 0 Å². The van der Waals surface area contributed by atoms with E-state index in [4.69, 9.17) is 14.2 Å². The quantitative estimate of drug-likeness (QED) is 0.219. The van der Waals surface area contributed by atoms with Gasteiger partial charge >= 0.3 is 5.97 Å². The van der Waals surface area contributed by atoms with Crippen molar-refractivity contribution in [1.29, 1.82) is 0 Å². The molecule has 0 atom stereocenters. The topological polar surface area (TPSA) is 71.3 Å². The molecule has 3 aromatic rings. The van der Waals surface area contributed by atoms with Crippen molar-refractivity contribution >= 4 is 23.1 Å². The summed E-state index contributed by atoms with van der Waals surface area (Å²) in [6.45, 7) is 10.1. The summed E-state index contributed by atoms with van der Waals surface area (Å²) >= 11 is 0. The maximum Gasteiger partial charge on any atom is 0.307 e. The second-order valence-corrected chi connectivity index (χ2v) is 13.8. The summed E-state index contributed by atoms with van der Waals surface area (Å²) in [4.78, 5) is 30.2. The third-order valence-corrected chi connectivity index (χ3v) is 10.5. The van der Waals surface area contributed by atoms with Crippen molar-refractivity contribution in [3.8, 4) is 0 Å². The molecule has 3 aliphatic rings. The molecular formula is C40H50ClN3O5. The minimum absolute atomic E-state index is 0. The van der Waals surface area contributed by atoms with Gasteiger partial charge in [-0.1, -0.05) is 32.0 Å². The molecule has 0 saturated heterocycles. The first kappa shape index (κ1) is 36.6. The Balaban J connectivity index is 0.00000468. The van der Waals surface area contributed by atoms with E-state index in [9.17, 15) is 9.59 Å². The van der Waals surface area contributed by atoms with Gasteiger partial charge in [0.1, 0.15) is 13.2 Å². The monoisotopic (exact) mass is 687 g/mol. The highest BCUT2D eigenvalue weighted by Gasteiger charge is 2.37. The zero-order chi connectivity index (χ0) is 34.0. The van der Waals surface area contributed by atoms with Gasteiger partial charge in [0, 0.05) is 75.6 Å². The van der Waals surface area contributed by atoms with Gasteiger partial charge in [0.2, 0.25) is 5.36 Å². The Morgan fingerprint density at radius 3 is 2.43 bits per heavy atom. The molecule has 0 unspecified atom stereocenters. The molecule has 3 aromatic carbocycles. The van der Waals surface area contributed by atoms with Crippen LogP contribution < -0.4 is 32.5 Å². The molecule has 0 aromatic heterocycles. The second kappa shape index (κ2) is 15.4. The van der Waals surface area contributed by atoms with Crippen molar-refractivity contribution in [2.24, 2.45) is 0 Å². The van der Waals surface area contributed by atoms with Crippen LogP contribution in [0.2, 0.25) is 0 Å². The molecule has 8 nitrogen and oxygen atoms in total. The van der Waals surface area contributed by atoms with E-state index in [1.165, 1.54) is 51.2 Å².